The molecule has 0 saturated heterocycles. The first-order valence-corrected chi connectivity index (χ1v) is 32.8. The largest absolute Gasteiger partial charge is 0.311 e. The average Bonchev–Trinajstić information content (AvgIpc) is 0.813. The average molecular weight is 1230 g/mol. The zero-order chi connectivity index (χ0) is 63.6. The van der Waals surface area contributed by atoms with Crippen LogP contribution in [0.25, 0.3) is 95.0 Å². The van der Waals surface area contributed by atoms with Crippen molar-refractivity contribution in [1.82, 2.24) is 19.5 Å². The van der Waals surface area contributed by atoms with Crippen LogP contribution in [0, 0.1) is 6.92 Å². The van der Waals surface area contributed by atoms with E-state index in [9.17, 15) is 0 Å². The summed E-state index contributed by atoms with van der Waals surface area (Å²) < 4.78 is 2.46. The molecule has 0 radical (unpaired) electrons. The lowest BCUT2D eigenvalue weighted by Crippen LogP contribution is -2.61. The Hall–Kier alpha value is -12.6. The Balaban J connectivity index is 0.840. The first kappa shape index (κ1) is 56.1. The summed E-state index contributed by atoms with van der Waals surface area (Å²) in [5.74, 6) is 1.76. The van der Waals surface area contributed by atoms with Crippen LogP contribution in [-0.4, -0.2) is 26.2 Å². The third kappa shape index (κ3) is 9.65. The number of para-hydroxylation sites is 7. The van der Waals surface area contributed by atoms with Crippen LogP contribution in [0.15, 0.2) is 346 Å². The molecule has 0 aliphatic carbocycles. The zero-order valence-corrected chi connectivity index (χ0v) is 52.6. The molecule has 450 valence electrons. The van der Waals surface area contributed by atoms with E-state index in [-0.39, 0.29) is 6.71 Å². The first-order chi connectivity index (χ1) is 47.5. The molecule has 0 saturated carbocycles. The summed E-state index contributed by atoms with van der Waals surface area (Å²) >= 11 is 0. The zero-order valence-electron chi connectivity index (χ0n) is 52.6. The second kappa shape index (κ2) is 23.5. The highest BCUT2D eigenvalue weighted by molar-refractivity contribution is 7.00. The van der Waals surface area contributed by atoms with Crippen molar-refractivity contribution in [2.24, 2.45) is 0 Å². The fourth-order valence-corrected chi connectivity index (χ4v) is 14.8. The molecule has 2 aliphatic heterocycles. The number of fused-ring (bicyclic) bond motifs is 7. The SMILES string of the molecule is Cc1ccc2c(c1)c1cc(N(c3ccccc3)c3ccccc3)ccc1n2-c1c(-c2cccc(-c3cccc(-c4cc5c6c(c4)N(c4ccccc4)c4ccccc4B6c4ccccc4N5c4ccccc4)c3)c2)cccc1-c1nc(-c2ccccc2)nc(-c2ccccc2)n1. The maximum atomic E-state index is 5.45. The van der Waals surface area contributed by atoms with Gasteiger partial charge in [0.05, 0.1) is 16.7 Å². The van der Waals surface area contributed by atoms with E-state index >= 15 is 0 Å². The smallest absolute Gasteiger partial charge is 0.252 e. The molecule has 4 heterocycles. The molecule has 2 aliphatic rings. The summed E-state index contributed by atoms with van der Waals surface area (Å²) in [5, 5.41) is 2.27. The van der Waals surface area contributed by atoms with Crippen molar-refractivity contribution in [1.29, 1.82) is 0 Å². The highest BCUT2D eigenvalue weighted by atomic mass is 15.2. The van der Waals surface area contributed by atoms with Gasteiger partial charge < -0.3 is 19.3 Å². The summed E-state index contributed by atoms with van der Waals surface area (Å²) in [7, 11) is 0. The van der Waals surface area contributed by atoms with Gasteiger partial charge in [0.15, 0.2) is 17.5 Å². The molecule has 0 fully saturated rings. The van der Waals surface area contributed by atoms with Crippen molar-refractivity contribution in [3.05, 3.63) is 351 Å². The molecule has 0 unspecified atom stereocenters. The van der Waals surface area contributed by atoms with Crippen LogP contribution in [0.1, 0.15) is 5.56 Å². The lowest BCUT2D eigenvalue weighted by atomic mass is 9.33. The van der Waals surface area contributed by atoms with Crippen molar-refractivity contribution >= 4 is 96.1 Å². The van der Waals surface area contributed by atoms with Crippen LogP contribution in [0.4, 0.5) is 51.2 Å². The van der Waals surface area contributed by atoms with Gasteiger partial charge in [-0.25, -0.2) is 15.0 Å². The second-order valence-corrected chi connectivity index (χ2v) is 24.8. The minimum absolute atomic E-state index is 0.0181. The first-order valence-electron chi connectivity index (χ1n) is 32.8. The topological polar surface area (TPSA) is 53.3 Å². The lowest BCUT2D eigenvalue weighted by molar-refractivity contribution is 1.06. The van der Waals surface area contributed by atoms with Gasteiger partial charge >= 0.3 is 0 Å². The molecule has 0 spiro atoms. The van der Waals surface area contributed by atoms with Crippen LogP contribution in [0.2, 0.25) is 0 Å². The van der Waals surface area contributed by atoms with Gasteiger partial charge in [-0.15, -0.1) is 0 Å². The van der Waals surface area contributed by atoms with E-state index in [2.05, 4.69) is 336 Å². The van der Waals surface area contributed by atoms with Crippen LogP contribution >= 0.6 is 0 Å². The number of hydrogen-bond acceptors (Lipinski definition) is 6. The quantitative estimate of drug-likeness (QED) is 0.114. The molecule has 7 nitrogen and oxygen atoms in total. The number of benzene rings is 14. The Morgan fingerprint density at radius 1 is 0.292 bits per heavy atom. The summed E-state index contributed by atoms with van der Waals surface area (Å²) in [6, 6.07) is 125. The number of aryl methyl sites for hydroxylation is 1. The molecular weight excluding hydrogens is 1170 g/mol. The molecule has 18 rings (SSSR count). The van der Waals surface area contributed by atoms with Gasteiger partial charge in [-0.3, -0.25) is 0 Å². The van der Waals surface area contributed by atoms with Gasteiger partial charge in [-0.1, -0.05) is 230 Å². The van der Waals surface area contributed by atoms with Crippen molar-refractivity contribution in [3.8, 4) is 73.2 Å². The van der Waals surface area contributed by atoms with Gasteiger partial charge in [0, 0.05) is 84.2 Å². The molecule has 2 aromatic heterocycles. The minimum Gasteiger partial charge on any atom is -0.311 e. The van der Waals surface area contributed by atoms with Crippen LogP contribution < -0.4 is 31.1 Å². The molecule has 0 N–H and O–H groups in total. The molecule has 8 heteroatoms. The number of aromatic nitrogens is 4. The molecule has 0 bridgehead atoms. The number of rotatable bonds is 12. The van der Waals surface area contributed by atoms with Crippen LogP contribution in [0.3, 0.4) is 0 Å². The molecule has 0 amide bonds. The maximum Gasteiger partial charge on any atom is 0.252 e. The fraction of sp³-hybridized carbons (Fsp3) is 0.0114. The van der Waals surface area contributed by atoms with Crippen LogP contribution in [-0.2, 0) is 0 Å². The van der Waals surface area contributed by atoms with Gasteiger partial charge in [-0.05, 0) is 172 Å². The van der Waals surface area contributed by atoms with Crippen molar-refractivity contribution in [3.63, 3.8) is 0 Å². The number of anilines is 9. The van der Waals surface area contributed by atoms with E-state index in [4.69, 9.17) is 15.0 Å². The monoisotopic (exact) mass is 1230 g/mol. The Morgan fingerprint density at radius 2 is 0.708 bits per heavy atom. The standard InChI is InChI=1S/C88H60BN7/c1-59-49-51-78-74(53-59)75-58-71(93(67-35-12-4-13-36-67)68-37-14-5-15-38-68)50-52-79(75)96(78)85-72(43-26-44-73(85)88-91-86(60-27-8-2-9-28-60)90-87(92-88)61-29-10-3-11-30-61)65-34-25-32-63(55-65)62-31-24-33-64(54-62)66-56-82-84-83(57-66)95(70-41-18-7-19-42-70)81-48-23-21-46-77(81)89(84)76-45-20-22-47-80(76)94(82)69-39-16-6-17-40-69/h2-58H,1H3. The molecule has 96 heavy (non-hydrogen) atoms. The highest BCUT2D eigenvalue weighted by Crippen LogP contribution is 2.48. The molecule has 16 aromatic rings. The normalized spacial score (nSPS) is 12.2. The summed E-state index contributed by atoms with van der Waals surface area (Å²) in [6.07, 6.45) is 0. The van der Waals surface area contributed by atoms with E-state index in [0.717, 1.165) is 106 Å². The van der Waals surface area contributed by atoms with E-state index in [0.29, 0.717) is 17.5 Å². The Morgan fingerprint density at radius 3 is 1.26 bits per heavy atom. The van der Waals surface area contributed by atoms with Gasteiger partial charge in [0.25, 0.3) is 6.71 Å². The van der Waals surface area contributed by atoms with Gasteiger partial charge in [0.2, 0.25) is 0 Å². The lowest BCUT2D eigenvalue weighted by Gasteiger charge is -2.44. The van der Waals surface area contributed by atoms with E-state index in [1.807, 2.05) is 36.4 Å². The predicted octanol–water partition coefficient (Wildman–Crippen LogP) is 20.8. The van der Waals surface area contributed by atoms with Gasteiger partial charge in [0.1, 0.15) is 0 Å². The van der Waals surface area contributed by atoms with E-state index < -0.39 is 0 Å². The third-order valence-corrected chi connectivity index (χ3v) is 19.0. The summed E-state index contributed by atoms with van der Waals surface area (Å²) in [5.41, 5.74) is 27.4. The number of hydrogen-bond donors (Lipinski definition) is 0. The molecular formula is C88H60BN7. The Bertz CT molecular complexity index is 5420. The Labute approximate surface area is 558 Å². The van der Waals surface area contributed by atoms with Crippen LogP contribution in [0.5, 0.6) is 0 Å². The second-order valence-electron chi connectivity index (χ2n) is 24.8. The predicted molar refractivity (Wildman–Crippen MR) is 400 cm³/mol. The van der Waals surface area contributed by atoms with E-state index in [1.54, 1.807) is 0 Å². The third-order valence-electron chi connectivity index (χ3n) is 19.0. The maximum absolute atomic E-state index is 5.45. The minimum atomic E-state index is 0.0181. The highest BCUT2D eigenvalue weighted by Gasteiger charge is 2.43. The van der Waals surface area contributed by atoms with Gasteiger partial charge in [-0.2, -0.15) is 0 Å². The fourth-order valence-electron chi connectivity index (χ4n) is 14.8. The van der Waals surface area contributed by atoms with Crippen molar-refractivity contribution < 1.29 is 0 Å². The Kier molecular flexibility index (Phi) is 13.7. The van der Waals surface area contributed by atoms with E-state index in [1.165, 1.54) is 44.7 Å². The number of nitrogens with zero attached hydrogens (tertiary/aromatic N) is 7. The molecule has 0 atom stereocenters. The van der Waals surface area contributed by atoms with Crippen molar-refractivity contribution in [2.45, 2.75) is 6.92 Å². The summed E-state index contributed by atoms with van der Waals surface area (Å²) in [4.78, 5) is 23.4. The summed E-state index contributed by atoms with van der Waals surface area (Å²) in [6.45, 7) is 2.20. The molecule has 14 aromatic carbocycles. The van der Waals surface area contributed by atoms with Crippen molar-refractivity contribution in [2.75, 3.05) is 14.7 Å².